The van der Waals surface area contributed by atoms with Crippen LogP contribution in [0.5, 0.6) is 0 Å². The fraction of sp³-hybridized carbons (Fsp3) is 0.833. The number of carbonyl (C=O) groups excluding carboxylic acids is 1. The first kappa shape index (κ1) is 18.5. The molecule has 1 amide bonds. The van der Waals surface area contributed by atoms with Gasteiger partial charge in [0.25, 0.3) is 0 Å². The third kappa shape index (κ3) is 11.6. The van der Waals surface area contributed by atoms with Crippen LogP contribution in [0.2, 0.25) is 0 Å². The van der Waals surface area contributed by atoms with Crippen LogP contribution >= 0.6 is 0 Å². The lowest BCUT2D eigenvalue weighted by molar-refractivity contribution is -0.160. The molecule has 0 aliphatic rings. The molecule has 118 valence electrons. The van der Waals surface area contributed by atoms with E-state index in [1.165, 1.54) is 0 Å². The molecule has 0 saturated heterocycles. The van der Waals surface area contributed by atoms with Crippen LogP contribution in [0, 0.1) is 5.92 Å². The Labute approximate surface area is 115 Å². The summed E-state index contributed by atoms with van der Waals surface area (Å²) >= 11 is 0. The molecule has 0 aromatic carbocycles. The van der Waals surface area contributed by atoms with Gasteiger partial charge in [-0.3, -0.25) is 4.79 Å². The van der Waals surface area contributed by atoms with E-state index in [2.05, 4.69) is 10.1 Å². The summed E-state index contributed by atoms with van der Waals surface area (Å²) in [6.07, 6.45) is -2.91. The molecule has 1 atom stereocenters. The number of ether oxygens (including phenoxy) is 1. The number of halogens is 3. The van der Waals surface area contributed by atoms with Crippen LogP contribution in [-0.4, -0.2) is 36.5 Å². The molecule has 0 saturated carbocycles. The first-order valence-corrected chi connectivity index (χ1v) is 6.43. The van der Waals surface area contributed by atoms with E-state index in [1.807, 2.05) is 6.92 Å². The van der Waals surface area contributed by atoms with Gasteiger partial charge in [0.05, 0.1) is 0 Å². The molecule has 2 N–H and O–H groups in total. The van der Waals surface area contributed by atoms with Gasteiger partial charge in [0, 0.05) is 13.0 Å². The SMILES string of the molecule is CCCC(CCNC(=O)OCC(F)(F)F)CCC(=O)O. The molecule has 20 heavy (non-hydrogen) atoms. The molecule has 0 aliphatic carbocycles. The third-order valence-electron chi connectivity index (χ3n) is 2.65. The Morgan fingerprint density at radius 1 is 1.25 bits per heavy atom. The lowest BCUT2D eigenvalue weighted by atomic mass is 9.94. The van der Waals surface area contributed by atoms with Gasteiger partial charge in [0.2, 0.25) is 0 Å². The summed E-state index contributed by atoms with van der Waals surface area (Å²) < 4.78 is 39.3. The van der Waals surface area contributed by atoms with Crippen molar-refractivity contribution in [2.75, 3.05) is 13.2 Å². The lowest BCUT2D eigenvalue weighted by Crippen LogP contribution is -2.30. The van der Waals surface area contributed by atoms with Gasteiger partial charge in [-0.2, -0.15) is 13.2 Å². The standard InChI is InChI=1S/C12H20F3NO4/c1-2-3-9(4-5-10(17)18)6-7-16-11(19)20-8-12(13,14)15/h9H,2-8H2,1H3,(H,16,19)(H,17,18). The first-order chi connectivity index (χ1) is 9.24. The van der Waals surface area contributed by atoms with Crippen molar-refractivity contribution >= 4 is 12.1 Å². The fourth-order valence-corrected chi connectivity index (χ4v) is 1.75. The highest BCUT2D eigenvalue weighted by atomic mass is 19.4. The number of amides is 1. The largest absolute Gasteiger partial charge is 0.481 e. The van der Waals surface area contributed by atoms with Gasteiger partial charge < -0.3 is 15.2 Å². The molecule has 0 aromatic rings. The highest BCUT2D eigenvalue weighted by molar-refractivity contribution is 5.67. The average Bonchev–Trinajstić information content (AvgIpc) is 2.32. The van der Waals surface area contributed by atoms with Crippen molar-refractivity contribution < 1.29 is 32.6 Å². The van der Waals surface area contributed by atoms with Gasteiger partial charge in [-0.05, 0) is 18.8 Å². The number of alkyl carbamates (subject to hydrolysis) is 1. The summed E-state index contributed by atoms with van der Waals surface area (Å²) in [6, 6.07) is 0. The molecule has 0 aromatic heterocycles. The van der Waals surface area contributed by atoms with Crippen molar-refractivity contribution in [2.45, 2.75) is 45.2 Å². The number of rotatable bonds is 9. The molecule has 8 heteroatoms. The molecule has 0 fully saturated rings. The summed E-state index contributed by atoms with van der Waals surface area (Å²) in [5.41, 5.74) is 0. The summed E-state index contributed by atoms with van der Waals surface area (Å²) in [7, 11) is 0. The van der Waals surface area contributed by atoms with E-state index < -0.39 is 24.8 Å². The molecular weight excluding hydrogens is 279 g/mol. The highest BCUT2D eigenvalue weighted by Gasteiger charge is 2.29. The highest BCUT2D eigenvalue weighted by Crippen LogP contribution is 2.17. The first-order valence-electron chi connectivity index (χ1n) is 6.43. The Morgan fingerprint density at radius 2 is 1.90 bits per heavy atom. The number of carboxylic acids is 1. The number of aliphatic carboxylic acids is 1. The van der Waals surface area contributed by atoms with Crippen molar-refractivity contribution in [1.29, 1.82) is 0 Å². The molecule has 0 heterocycles. The van der Waals surface area contributed by atoms with Gasteiger partial charge >= 0.3 is 18.2 Å². The summed E-state index contributed by atoms with van der Waals surface area (Å²) in [5, 5.41) is 10.8. The van der Waals surface area contributed by atoms with E-state index in [4.69, 9.17) is 5.11 Å². The molecule has 1 unspecified atom stereocenters. The van der Waals surface area contributed by atoms with E-state index >= 15 is 0 Å². The second-order valence-corrected chi connectivity index (χ2v) is 4.49. The van der Waals surface area contributed by atoms with Gasteiger partial charge in [-0.25, -0.2) is 4.79 Å². The minimum atomic E-state index is -4.54. The van der Waals surface area contributed by atoms with Crippen LogP contribution in [0.1, 0.15) is 39.0 Å². The number of hydrogen-bond donors (Lipinski definition) is 2. The van der Waals surface area contributed by atoms with Gasteiger partial charge in [0.15, 0.2) is 6.61 Å². The van der Waals surface area contributed by atoms with E-state index in [0.29, 0.717) is 12.8 Å². The minimum absolute atomic E-state index is 0.0448. The van der Waals surface area contributed by atoms with Crippen molar-refractivity contribution in [3.05, 3.63) is 0 Å². The number of hydrogen-bond acceptors (Lipinski definition) is 3. The monoisotopic (exact) mass is 299 g/mol. The normalized spacial score (nSPS) is 12.8. The second kappa shape index (κ2) is 9.44. The van der Waals surface area contributed by atoms with E-state index in [-0.39, 0.29) is 18.9 Å². The number of carboxylic acid groups (broad SMARTS) is 1. The Kier molecular flexibility index (Phi) is 8.74. The zero-order valence-electron chi connectivity index (χ0n) is 11.3. The zero-order chi connectivity index (χ0) is 15.6. The Morgan fingerprint density at radius 3 is 2.40 bits per heavy atom. The summed E-state index contributed by atoms with van der Waals surface area (Å²) in [6.45, 7) is 0.510. The van der Waals surface area contributed by atoms with Crippen LogP contribution in [0.4, 0.5) is 18.0 Å². The van der Waals surface area contributed by atoms with Crippen LogP contribution in [0.3, 0.4) is 0 Å². The predicted octanol–water partition coefficient (Wildman–Crippen LogP) is 2.95. The number of alkyl halides is 3. The molecular formula is C12H20F3NO4. The summed E-state index contributed by atoms with van der Waals surface area (Å²) in [4.78, 5) is 21.4. The smallest absolute Gasteiger partial charge is 0.422 e. The van der Waals surface area contributed by atoms with Gasteiger partial charge in [-0.1, -0.05) is 19.8 Å². The van der Waals surface area contributed by atoms with E-state index in [9.17, 15) is 22.8 Å². The van der Waals surface area contributed by atoms with Crippen molar-refractivity contribution in [3.8, 4) is 0 Å². The Hall–Kier alpha value is -1.47. The van der Waals surface area contributed by atoms with E-state index in [0.717, 1.165) is 12.8 Å². The zero-order valence-corrected chi connectivity index (χ0v) is 11.3. The number of carbonyl (C=O) groups is 2. The maximum absolute atomic E-state index is 11.8. The molecule has 0 radical (unpaired) electrons. The molecule has 0 bridgehead atoms. The average molecular weight is 299 g/mol. The molecule has 0 spiro atoms. The Bertz CT molecular complexity index is 308. The quantitative estimate of drug-likeness (QED) is 0.686. The lowest BCUT2D eigenvalue weighted by Gasteiger charge is -2.15. The van der Waals surface area contributed by atoms with Crippen LogP contribution in [0.15, 0.2) is 0 Å². The molecule has 0 rings (SSSR count). The molecule has 5 nitrogen and oxygen atoms in total. The third-order valence-corrected chi connectivity index (χ3v) is 2.65. The van der Waals surface area contributed by atoms with Crippen molar-refractivity contribution in [3.63, 3.8) is 0 Å². The van der Waals surface area contributed by atoms with Crippen molar-refractivity contribution in [2.24, 2.45) is 5.92 Å². The fourth-order valence-electron chi connectivity index (χ4n) is 1.75. The topological polar surface area (TPSA) is 75.6 Å². The second-order valence-electron chi connectivity index (χ2n) is 4.49. The van der Waals surface area contributed by atoms with Gasteiger partial charge in [0.1, 0.15) is 0 Å². The maximum Gasteiger partial charge on any atom is 0.422 e. The predicted molar refractivity (Wildman–Crippen MR) is 65.3 cm³/mol. The van der Waals surface area contributed by atoms with Crippen molar-refractivity contribution in [1.82, 2.24) is 5.32 Å². The molecule has 0 aliphatic heterocycles. The van der Waals surface area contributed by atoms with Crippen LogP contribution in [-0.2, 0) is 9.53 Å². The van der Waals surface area contributed by atoms with Crippen LogP contribution in [0.25, 0.3) is 0 Å². The number of nitrogens with one attached hydrogen (secondary N) is 1. The van der Waals surface area contributed by atoms with Crippen LogP contribution < -0.4 is 5.32 Å². The maximum atomic E-state index is 11.8. The summed E-state index contributed by atoms with van der Waals surface area (Å²) in [5.74, 6) is -0.761. The minimum Gasteiger partial charge on any atom is -0.481 e. The van der Waals surface area contributed by atoms with Gasteiger partial charge in [-0.15, -0.1) is 0 Å². The Balaban J connectivity index is 3.86. The van der Waals surface area contributed by atoms with E-state index in [1.54, 1.807) is 0 Å².